The molecule has 1 aromatic carbocycles. The summed E-state index contributed by atoms with van der Waals surface area (Å²) in [6, 6.07) is 6.29. The third-order valence-corrected chi connectivity index (χ3v) is 6.47. The number of carbonyl (C=O) groups is 1. The fourth-order valence-electron chi connectivity index (χ4n) is 1.93. The molecule has 0 heterocycles. The minimum Gasteiger partial charge on any atom is -0.469 e. The van der Waals surface area contributed by atoms with Crippen molar-refractivity contribution in [2.75, 3.05) is 19.9 Å². The quantitative estimate of drug-likeness (QED) is 0.769. The Labute approximate surface area is 129 Å². The maximum absolute atomic E-state index is 12.2. The van der Waals surface area contributed by atoms with Crippen LogP contribution >= 0.6 is 11.8 Å². The third kappa shape index (κ3) is 4.21. The minimum absolute atomic E-state index is 0.0812. The highest BCUT2D eigenvalue weighted by atomic mass is 32.2. The molecule has 0 atom stereocenters. The first-order valence-corrected chi connectivity index (χ1v) is 9.32. The summed E-state index contributed by atoms with van der Waals surface area (Å²) in [5, 5.41) is 0. The maximum Gasteiger partial charge on any atom is 0.309 e. The Morgan fingerprint density at radius 2 is 1.95 bits per heavy atom. The van der Waals surface area contributed by atoms with Gasteiger partial charge in [-0.05, 0) is 36.8 Å². The van der Waals surface area contributed by atoms with Gasteiger partial charge in [0.05, 0.1) is 18.4 Å². The standard InChI is InChI=1S/C14H19NO4S2/c1-19-13(16)9-11-3-5-12(6-4-11)21(17,18)15-10-14(20-2)7-8-14/h3-6,15H,7-10H2,1-2H3. The average Bonchev–Trinajstić information content (AvgIpc) is 3.26. The molecule has 5 nitrogen and oxygen atoms in total. The molecule has 0 amide bonds. The van der Waals surface area contributed by atoms with Gasteiger partial charge in [0.15, 0.2) is 0 Å². The Balaban J connectivity index is 2.01. The number of benzene rings is 1. The monoisotopic (exact) mass is 329 g/mol. The SMILES string of the molecule is COC(=O)Cc1ccc(S(=O)(=O)NCC2(SC)CC2)cc1. The van der Waals surface area contributed by atoms with Gasteiger partial charge in [0.25, 0.3) is 0 Å². The Kier molecular flexibility index (Phi) is 4.95. The van der Waals surface area contributed by atoms with Crippen molar-refractivity contribution >= 4 is 27.8 Å². The highest BCUT2D eigenvalue weighted by Crippen LogP contribution is 2.46. The lowest BCUT2D eigenvalue weighted by atomic mass is 10.2. The lowest BCUT2D eigenvalue weighted by Crippen LogP contribution is -2.31. The van der Waals surface area contributed by atoms with Crippen LogP contribution in [-0.2, 0) is 26.0 Å². The lowest BCUT2D eigenvalue weighted by Gasteiger charge is -2.13. The number of ether oxygens (including phenoxy) is 1. The number of methoxy groups -OCH3 is 1. The second-order valence-corrected chi connectivity index (χ2v) is 8.15. The van der Waals surface area contributed by atoms with E-state index >= 15 is 0 Å². The highest BCUT2D eigenvalue weighted by Gasteiger charge is 2.42. The first-order chi connectivity index (χ1) is 9.91. The van der Waals surface area contributed by atoms with Crippen molar-refractivity contribution in [2.45, 2.75) is 28.9 Å². The molecule has 21 heavy (non-hydrogen) atoms. The summed E-state index contributed by atoms with van der Waals surface area (Å²) in [4.78, 5) is 11.4. The number of thioether (sulfide) groups is 1. The van der Waals surface area contributed by atoms with Crippen LogP contribution < -0.4 is 4.72 Å². The second kappa shape index (κ2) is 6.37. The smallest absolute Gasteiger partial charge is 0.309 e. The number of hydrogen-bond acceptors (Lipinski definition) is 5. The molecule has 1 aliphatic rings. The molecule has 0 radical (unpaired) electrons. The molecule has 1 fully saturated rings. The Morgan fingerprint density at radius 1 is 1.33 bits per heavy atom. The van der Waals surface area contributed by atoms with E-state index in [1.54, 1.807) is 23.9 Å². The van der Waals surface area contributed by atoms with E-state index in [-0.39, 0.29) is 22.0 Å². The van der Waals surface area contributed by atoms with Crippen LogP contribution in [0, 0.1) is 0 Å². The molecule has 1 aromatic rings. The molecule has 7 heteroatoms. The average molecular weight is 329 g/mol. The fourth-order valence-corrected chi connectivity index (χ4v) is 3.87. The van der Waals surface area contributed by atoms with E-state index in [0.29, 0.717) is 6.54 Å². The molecule has 0 aromatic heterocycles. The highest BCUT2D eigenvalue weighted by molar-refractivity contribution is 8.00. The van der Waals surface area contributed by atoms with E-state index in [9.17, 15) is 13.2 Å². The van der Waals surface area contributed by atoms with E-state index in [2.05, 4.69) is 9.46 Å². The number of rotatable bonds is 7. The van der Waals surface area contributed by atoms with Gasteiger partial charge in [-0.2, -0.15) is 11.8 Å². The van der Waals surface area contributed by atoms with Crippen LogP contribution in [0.15, 0.2) is 29.2 Å². The van der Waals surface area contributed by atoms with E-state index < -0.39 is 10.0 Å². The fraction of sp³-hybridized carbons (Fsp3) is 0.500. The van der Waals surface area contributed by atoms with Crippen LogP contribution in [0.5, 0.6) is 0 Å². The molecule has 0 bridgehead atoms. The van der Waals surface area contributed by atoms with Crippen molar-refractivity contribution < 1.29 is 17.9 Å². The zero-order valence-electron chi connectivity index (χ0n) is 12.1. The Morgan fingerprint density at radius 3 is 2.43 bits per heavy atom. The Hall–Kier alpha value is -1.05. The van der Waals surface area contributed by atoms with Crippen molar-refractivity contribution in [3.8, 4) is 0 Å². The van der Waals surface area contributed by atoms with Crippen LogP contribution in [0.3, 0.4) is 0 Å². The first kappa shape index (κ1) is 16.3. The van der Waals surface area contributed by atoms with Crippen LogP contribution in [-0.4, -0.2) is 39.0 Å². The summed E-state index contributed by atoms with van der Waals surface area (Å²) < 4.78 is 31.7. The molecular formula is C14H19NO4S2. The summed E-state index contributed by atoms with van der Waals surface area (Å²) in [5.74, 6) is -0.348. The molecule has 1 aliphatic carbocycles. The van der Waals surface area contributed by atoms with Crippen LogP contribution in [0.2, 0.25) is 0 Å². The predicted molar refractivity (Wildman–Crippen MR) is 82.8 cm³/mol. The van der Waals surface area contributed by atoms with Crippen molar-refractivity contribution in [3.05, 3.63) is 29.8 Å². The van der Waals surface area contributed by atoms with Gasteiger partial charge in [0.1, 0.15) is 0 Å². The summed E-state index contributed by atoms with van der Waals surface area (Å²) in [7, 11) is -2.17. The molecule has 1 N–H and O–H groups in total. The molecule has 0 aliphatic heterocycles. The van der Waals surface area contributed by atoms with Crippen LogP contribution in [0.4, 0.5) is 0 Å². The van der Waals surface area contributed by atoms with Gasteiger partial charge in [-0.15, -0.1) is 0 Å². The maximum atomic E-state index is 12.2. The molecule has 2 rings (SSSR count). The summed E-state index contributed by atoms with van der Waals surface area (Å²) in [5.41, 5.74) is 0.726. The molecule has 0 spiro atoms. The van der Waals surface area contributed by atoms with Crippen molar-refractivity contribution in [3.63, 3.8) is 0 Å². The largest absolute Gasteiger partial charge is 0.469 e. The summed E-state index contributed by atoms with van der Waals surface area (Å²) >= 11 is 1.71. The van der Waals surface area contributed by atoms with Crippen LogP contribution in [0.25, 0.3) is 0 Å². The second-order valence-electron chi connectivity index (χ2n) is 5.11. The molecule has 116 valence electrons. The molecule has 1 saturated carbocycles. The summed E-state index contributed by atoms with van der Waals surface area (Å²) in [6.07, 6.45) is 4.24. The van der Waals surface area contributed by atoms with Crippen LogP contribution in [0.1, 0.15) is 18.4 Å². The third-order valence-electron chi connectivity index (χ3n) is 3.63. The number of carbonyl (C=O) groups excluding carboxylic acids is 1. The number of hydrogen-bond donors (Lipinski definition) is 1. The van der Waals surface area contributed by atoms with Gasteiger partial charge in [-0.25, -0.2) is 13.1 Å². The van der Waals surface area contributed by atoms with E-state index in [0.717, 1.165) is 18.4 Å². The zero-order valence-corrected chi connectivity index (χ0v) is 13.7. The van der Waals surface area contributed by atoms with Crippen molar-refractivity contribution in [1.29, 1.82) is 0 Å². The van der Waals surface area contributed by atoms with E-state index in [1.165, 1.54) is 19.2 Å². The normalized spacial score (nSPS) is 16.5. The minimum atomic E-state index is -3.49. The lowest BCUT2D eigenvalue weighted by molar-refractivity contribution is -0.139. The van der Waals surface area contributed by atoms with E-state index in [4.69, 9.17) is 0 Å². The molecule has 0 unspecified atom stereocenters. The topological polar surface area (TPSA) is 72.5 Å². The molecule has 0 saturated heterocycles. The summed E-state index contributed by atoms with van der Waals surface area (Å²) in [6.45, 7) is 0.459. The Bertz CT molecular complexity index is 606. The van der Waals surface area contributed by atoms with Gasteiger partial charge in [-0.3, -0.25) is 4.79 Å². The van der Waals surface area contributed by atoms with E-state index in [1.807, 2.05) is 6.26 Å². The van der Waals surface area contributed by atoms with Crippen molar-refractivity contribution in [2.24, 2.45) is 0 Å². The first-order valence-electron chi connectivity index (χ1n) is 6.61. The zero-order chi connectivity index (χ0) is 15.5. The number of nitrogens with one attached hydrogen (secondary N) is 1. The molecular weight excluding hydrogens is 310 g/mol. The number of esters is 1. The van der Waals surface area contributed by atoms with Gasteiger partial charge in [0.2, 0.25) is 10.0 Å². The van der Waals surface area contributed by atoms with Crippen molar-refractivity contribution in [1.82, 2.24) is 4.72 Å². The van der Waals surface area contributed by atoms with Gasteiger partial charge < -0.3 is 4.74 Å². The predicted octanol–water partition coefficient (Wildman–Crippen LogP) is 1.58. The van der Waals surface area contributed by atoms with Gasteiger partial charge in [-0.1, -0.05) is 12.1 Å². The van der Waals surface area contributed by atoms with Gasteiger partial charge >= 0.3 is 5.97 Å². The van der Waals surface area contributed by atoms with Gasteiger partial charge in [0, 0.05) is 11.3 Å². The number of sulfonamides is 1.